The Labute approximate surface area is 164 Å². The Morgan fingerprint density at radius 1 is 1.04 bits per heavy atom. The maximum atomic E-state index is 12.4. The van der Waals surface area contributed by atoms with E-state index in [0.717, 1.165) is 0 Å². The molecule has 0 N–H and O–H groups in total. The number of hydrogen-bond acceptors (Lipinski definition) is 7. The van der Waals surface area contributed by atoms with Gasteiger partial charge in [0.2, 0.25) is 12.5 Å². The molecule has 1 heterocycles. The zero-order valence-electron chi connectivity index (χ0n) is 17.0. The second-order valence-corrected chi connectivity index (χ2v) is 6.34. The molecule has 7 nitrogen and oxygen atoms in total. The Kier molecular flexibility index (Phi) is 7.09. The van der Waals surface area contributed by atoms with Gasteiger partial charge >= 0.3 is 11.9 Å². The molecule has 0 fully saturated rings. The maximum Gasteiger partial charge on any atom is 0.334 e. The first kappa shape index (κ1) is 21.3. The molecule has 1 aromatic carbocycles. The molecule has 0 amide bonds. The number of hydrogen-bond donors (Lipinski definition) is 0. The van der Waals surface area contributed by atoms with Gasteiger partial charge in [0.05, 0.1) is 7.11 Å². The molecule has 0 spiro atoms. The summed E-state index contributed by atoms with van der Waals surface area (Å²) in [5.74, 6) is 0.412. The summed E-state index contributed by atoms with van der Waals surface area (Å²) in [5, 5.41) is 0. The predicted octanol–water partition coefficient (Wildman–Crippen LogP) is 3.87. The summed E-state index contributed by atoms with van der Waals surface area (Å²) in [5.41, 5.74) is 1.47. The molecule has 0 radical (unpaired) electrons. The van der Waals surface area contributed by atoms with Gasteiger partial charge in [-0.05, 0) is 46.8 Å². The fourth-order valence-electron chi connectivity index (χ4n) is 2.52. The fourth-order valence-corrected chi connectivity index (χ4v) is 2.52. The van der Waals surface area contributed by atoms with Crippen LogP contribution in [0.1, 0.15) is 46.3 Å². The zero-order valence-corrected chi connectivity index (χ0v) is 17.0. The first-order chi connectivity index (χ1) is 13.3. The normalized spacial score (nSPS) is 15.6. The lowest BCUT2D eigenvalue weighted by atomic mass is 10.0. The smallest absolute Gasteiger partial charge is 0.334 e. The Morgan fingerprint density at radius 3 is 2.21 bits per heavy atom. The van der Waals surface area contributed by atoms with Crippen molar-refractivity contribution in [1.82, 2.24) is 0 Å². The van der Waals surface area contributed by atoms with Gasteiger partial charge in [0.15, 0.2) is 17.6 Å². The molecule has 2 rings (SSSR count). The van der Waals surface area contributed by atoms with Crippen LogP contribution in [0.15, 0.2) is 35.4 Å². The highest BCUT2D eigenvalue weighted by molar-refractivity contribution is 5.88. The minimum atomic E-state index is -0.862. The molecule has 0 aromatic heterocycles. The van der Waals surface area contributed by atoms with Gasteiger partial charge in [0, 0.05) is 16.7 Å². The number of carbonyl (C=O) groups is 2. The number of esters is 2. The van der Waals surface area contributed by atoms with Gasteiger partial charge in [-0.1, -0.05) is 12.2 Å². The van der Waals surface area contributed by atoms with Gasteiger partial charge in [-0.25, -0.2) is 9.59 Å². The quantitative estimate of drug-likeness (QED) is 0.516. The van der Waals surface area contributed by atoms with Gasteiger partial charge in [0.1, 0.15) is 6.10 Å². The lowest BCUT2D eigenvalue weighted by molar-refractivity contribution is -0.162. The van der Waals surface area contributed by atoms with Crippen LogP contribution in [0.3, 0.4) is 0 Å². The molecule has 152 valence electrons. The monoisotopic (exact) mass is 390 g/mol. The zero-order chi connectivity index (χ0) is 20.8. The Hall–Kier alpha value is -2.96. The van der Waals surface area contributed by atoms with E-state index in [1.165, 1.54) is 7.11 Å². The molecule has 0 saturated carbocycles. The highest BCUT2D eigenvalue weighted by Crippen LogP contribution is 2.44. The van der Waals surface area contributed by atoms with Gasteiger partial charge in [-0.2, -0.15) is 0 Å². The van der Waals surface area contributed by atoms with Crippen LogP contribution in [0.2, 0.25) is 0 Å². The average Bonchev–Trinajstić information content (AvgIpc) is 3.18. The van der Waals surface area contributed by atoms with Crippen molar-refractivity contribution in [3.63, 3.8) is 0 Å². The van der Waals surface area contributed by atoms with E-state index in [1.807, 2.05) is 0 Å². The van der Waals surface area contributed by atoms with E-state index in [9.17, 15) is 9.59 Å². The van der Waals surface area contributed by atoms with E-state index >= 15 is 0 Å². The lowest BCUT2D eigenvalue weighted by Crippen LogP contribution is -2.27. The molecule has 7 heteroatoms. The molecule has 2 atom stereocenters. The van der Waals surface area contributed by atoms with Crippen LogP contribution < -0.4 is 14.2 Å². The number of carbonyl (C=O) groups excluding carboxylic acids is 2. The number of methoxy groups -OCH3 is 1. The summed E-state index contributed by atoms with van der Waals surface area (Å²) in [6.07, 6.45) is 1.70. The van der Waals surface area contributed by atoms with E-state index in [4.69, 9.17) is 23.7 Å². The van der Waals surface area contributed by atoms with Crippen LogP contribution in [-0.4, -0.2) is 31.9 Å². The first-order valence-corrected chi connectivity index (χ1v) is 8.97. The Balaban J connectivity index is 2.40. The second kappa shape index (κ2) is 9.30. The summed E-state index contributed by atoms with van der Waals surface area (Å²) in [4.78, 5) is 24.6. The van der Waals surface area contributed by atoms with Crippen molar-refractivity contribution in [2.45, 2.75) is 46.8 Å². The topological polar surface area (TPSA) is 80.3 Å². The third kappa shape index (κ3) is 4.65. The number of fused-ring (bicyclic) bond motifs is 1. The number of allylic oxidation sites excluding steroid dienone is 2. The minimum absolute atomic E-state index is 0.0717. The van der Waals surface area contributed by atoms with Crippen molar-refractivity contribution in [2.24, 2.45) is 0 Å². The average molecular weight is 390 g/mol. The SMILES string of the molecule is C/C=C(/C)C(=O)OC(C)C(OC(=O)/C(C)=C\C)c1cc(OC)c2c(c1)OCO2. The lowest BCUT2D eigenvalue weighted by Gasteiger charge is -2.25. The van der Waals surface area contributed by atoms with Crippen LogP contribution in [0, 0.1) is 0 Å². The summed E-state index contributed by atoms with van der Waals surface area (Å²) in [6.45, 7) is 8.54. The number of benzene rings is 1. The minimum Gasteiger partial charge on any atom is -0.493 e. The summed E-state index contributed by atoms with van der Waals surface area (Å²) >= 11 is 0. The molecule has 0 aliphatic carbocycles. The van der Waals surface area contributed by atoms with Crippen LogP contribution in [0.4, 0.5) is 0 Å². The molecule has 1 aliphatic heterocycles. The summed E-state index contributed by atoms with van der Waals surface area (Å²) in [7, 11) is 1.50. The summed E-state index contributed by atoms with van der Waals surface area (Å²) in [6, 6.07) is 3.38. The van der Waals surface area contributed by atoms with E-state index < -0.39 is 24.1 Å². The Morgan fingerprint density at radius 2 is 1.64 bits per heavy atom. The van der Waals surface area contributed by atoms with Crippen molar-refractivity contribution in [1.29, 1.82) is 0 Å². The van der Waals surface area contributed by atoms with Crippen molar-refractivity contribution in [3.05, 3.63) is 41.0 Å². The van der Waals surface area contributed by atoms with E-state index in [-0.39, 0.29) is 6.79 Å². The molecule has 0 saturated heterocycles. The van der Waals surface area contributed by atoms with Gasteiger partial charge in [0.25, 0.3) is 0 Å². The highest BCUT2D eigenvalue weighted by Gasteiger charge is 2.31. The predicted molar refractivity (Wildman–Crippen MR) is 102 cm³/mol. The molecule has 0 bridgehead atoms. The van der Waals surface area contributed by atoms with E-state index in [0.29, 0.717) is 34.0 Å². The van der Waals surface area contributed by atoms with Crippen LogP contribution in [0.5, 0.6) is 17.2 Å². The van der Waals surface area contributed by atoms with Crippen molar-refractivity contribution >= 4 is 11.9 Å². The van der Waals surface area contributed by atoms with Gasteiger partial charge < -0.3 is 23.7 Å². The molecule has 2 unspecified atom stereocenters. The third-order valence-electron chi connectivity index (χ3n) is 4.47. The molecule has 1 aliphatic rings. The molecular formula is C21H26O7. The van der Waals surface area contributed by atoms with E-state index in [1.54, 1.807) is 58.9 Å². The fraction of sp³-hybridized carbons (Fsp3) is 0.429. The standard InChI is InChI=1S/C21H26O7/c1-7-12(3)20(22)27-14(5)18(28-21(23)13(4)8-2)15-9-16(24-6)19-17(10-15)25-11-26-19/h7-10,14,18H,11H2,1-6H3/b12-7-,13-8-. The van der Waals surface area contributed by atoms with Crippen molar-refractivity contribution in [2.75, 3.05) is 13.9 Å². The van der Waals surface area contributed by atoms with Gasteiger partial charge in [-0.3, -0.25) is 0 Å². The molecule has 28 heavy (non-hydrogen) atoms. The molecular weight excluding hydrogens is 364 g/mol. The third-order valence-corrected chi connectivity index (χ3v) is 4.47. The largest absolute Gasteiger partial charge is 0.493 e. The summed E-state index contributed by atoms with van der Waals surface area (Å²) < 4.78 is 27.4. The Bertz CT molecular complexity index is 807. The van der Waals surface area contributed by atoms with Crippen LogP contribution in [0.25, 0.3) is 0 Å². The first-order valence-electron chi connectivity index (χ1n) is 8.97. The van der Waals surface area contributed by atoms with Gasteiger partial charge in [-0.15, -0.1) is 0 Å². The van der Waals surface area contributed by atoms with Crippen LogP contribution >= 0.6 is 0 Å². The maximum absolute atomic E-state index is 12.4. The molecule has 1 aromatic rings. The van der Waals surface area contributed by atoms with Crippen molar-refractivity contribution in [3.8, 4) is 17.2 Å². The van der Waals surface area contributed by atoms with Crippen molar-refractivity contribution < 1.29 is 33.3 Å². The number of rotatable bonds is 7. The second-order valence-electron chi connectivity index (χ2n) is 6.34. The number of ether oxygens (including phenoxy) is 5. The van der Waals surface area contributed by atoms with Crippen LogP contribution in [-0.2, 0) is 19.1 Å². The highest BCUT2D eigenvalue weighted by atomic mass is 16.7. The van der Waals surface area contributed by atoms with E-state index in [2.05, 4.69) is 0 Å².